The van der Waals surface area contributed by atoms with Crippen LogP contribution in [0.5, 0.6) is 0 Å². The van der Waals surface area contributed by atoms with Gasteiger partial charge in [0.2, 0.25) is 0 Å². The highest BCUT2D eigenvalue weighted by Crippen LogP contribution is 2.28. The number of carboxylic acid groups (broad SMARTS) is 1. The summed E-state index contributed by atoms with van der Waals surface area (Å²) >= 11 is 0. The summed E-state index contributed by atoms with van der Waals surface area (Å²) in [7, 11) is 0. The molecule has 0 aliphatic heterocycles. The molecule has 0 saturated heterocycles. The SMILES string of the molecule is Cc1ccc2c(C(=O)O)c(C(C)C)[nH]c2c1. The number of carboxylic acids is 1. The van der Waals surface area contributed by atoms with E-state index < -0.39 is 5.97 Å². The Kier molecular flexibility index (Phi) is 2.46. The monoisotopic (exact) mass is 217 g/mol. The number of hydrogen-bond acceptors (Lipinski definition) is 1. The molecule has 1 aromatic carbocycles. The zero-order valence-electron chi connectivity index (χ0n) is 9.66. The van der Waals surface area contributed by atoms with Gasteiger partial charge in [-0.3, -0.25) is 0 Å². The summed E-state index contributed by atoms with van der Waals surface area (Å²) in [6, 6.07) is 5.79. The molecule has 0 aliphatic carbocycles. The standard InChI is InChI=1S/C13H15NO2/c1-7(2)12-11(13(15)16)9-5-4-8(3)6-10(9)14-12/h4-7,14H,1-3H3,(H,15,16). The normalized spacial score (nSPS) is 11.2. The number of aromatic amines is 1. The van der Waals surface area contributed by atoms with E-state index >= 15 is 0 Å². The number of carbonyl (C=O) groups is 1. The molecule has 2 N–H and O–H groups in total. The van der Waals surface area contributed by atoms with E-state index in [1.807, 2.05) is 39.0 Å². The smallest absolute Gasteiger partial charge is 0.338 e. The predicted octanol–water partition coefficient (Wildman–Crippen LogP) is 3.30. The number of nitrogens with one attached hydrogen (secondary N) is 1. The Morgan fingerprint density at radius 2 is 2.06 bits per heavy atom. The Labute approximate surface area is 94.1 Å². The van der Waals surface area contributed by atoms with Crippen LogP contribution in [-0.4, -0.2) is 16.1 Å². The van der Waals surface area contributed by atoms with Crippen molar-refractivity contribution in [1.82, 2.24) is 4.98 Å². The third kappa shape index (κ3) is 1.58. The van der Waals surface area contributed by atoms with Gasteiger partial charge in [0.15, 0.2) is 0 Å². The van der Waals surface area contributed by atoms with Gasteiger partial charge in [0.25, 0.3) is 0 Å². The lowest BCUT2D eigenvalue weighted by Gasteiger charge is -2.03. The van der Waals surface area contributed by atoms with E-state index in [-0.39, 0.29) is 5.92 Å². The highest BCUT2D eigenvalue weighted by molar-refractivity contribution is 6.05. The molecule has 2 rings (SSSR count). The van der Waals surface area contributed by atoms with Crippen LogP contribution in [0.25, 0.3) is 10.9 Å². The largest absolute Gasteiger partial charge is 0.478 e. The van der Waals surface area contributed by atoms with Crippen LogP contribution < -0.4 is 0 Å². The molecule has 0 saturated carbocycles. The fourth-order valence-electron chi connectivity index (χ4n) is 2.00. The topological polar surface area (TPSA) is 53.1 Å². The Balaban J connectivity index is 2.81. The van der Waals surface area contributed by atoms with E-state index in [2.05, 4.69) is 4.98 Å². The molecule has 0 amide bonds. The lowest BCUT2D eigenvalue weighted by molar-refractivity contribution is 0.0697. The molecule has 0 spiro atoms. The molecule has 1 heterocycles. The number of aromatic carboxylic acids is 1. The summed E-state index contributed by atoms with van der Waals surface area (Å²) in [6.45, 7) is 5.98. The first-order valence-corrected chi connectivity index (χ1v) is 5.36. The van der Waals surface area contributed by atoms with E-state index in [4.69, 9.17) is 0 Å². The van der Waals surface area contributed by atoms with Crippen molar-refractivity contribution >= 4 is 16.9 Å². The van der Waals surface area contributed by atoms with Crippen molar-refractivity contribution < 1.29 is 9.90 Å². The minimum atomic E-state index is -0.862. The van der Waals surface area contributed by atoms with Crippen LogP contribution in [-0.2, 0) is 0 Å². The molecule has 0 unspecified atom stereocenters. The van der Waals surface area contributed by atoms with Gasteiger partial charge in [0.1, 0.15) is 0 Å². The fraction of sp³-hybridized carbons (Fsp3) is 0.308. The van der Waals surface area contributed by atoms with Crippen LogP contribution in [0.3, 0.4) is 0 Å². The average Bonchev–Trinajstić information content (AvgIpc) is 2.55. The van der Waals surface area contributed by atoms with Gasteiger partial charge < -0.3 is 10.1 Å². The van der Waals surface area contributed by atoms with Crippen molar-refractivity contribution in [3.05, 3.63) is 35.0 Å². The lowest BCUT2D eigenvalue weighted by Crippen LogP contribution is -2.01. The van der Waals surface area contributed by atoms with Gasteiger partial charge in [0.05, 0.1) is 5.56 Å². The summed E-state index contributed by atoms with van der Waals surface area (Å²) in [5.41, 5.74) is 3.24. The number of H-pyrrole nitrogens is 1. The lowest BCUT2D eigenvalue weighted by atomic mass is 10.0. The molecule has 0 bridgehead atoms. The van der Waals surface area contributed by atoms with Crippen molar-refractivity contribution in [2.75, 3.05) is 0 Å². The fourth-order valence-corrected chi connectivity index (χ4v) is 2.00. The Hall–Kier alpha value is -1.77. The van der Waals surface area contributed by atoms with Gasteiger partial charge in [-0.05, 0) is 24.5 Å². The van der Waals surface area contributed by atoms with Gasteiger partial charge in [-0.2, -0.15) is 0 Å². The van der Waals surface area contributed by atoms with E-state index in [1.54, 1.807) is 0 Å². The van der Waals surface area contributed by atoms with Crippen molar-refractivity contribution in [2.45, 2.75) is 26.7 Å². The van der Waals surface area contributed by atoms with Crippen LogP contribution >= 0.6 is 0 Å². The third-order valence-corrected chi connectivity index (χ3v) is 2.77. The Bertz CT molecular complexity index is 552. The van der Waals surface area contributed by atoms with Crippen molar-refractivity contribution in [3.8, 4) is 0 Å². The number of aryl methyl sites for hydroxylation is 1. The number of hydrogen-bond donors (Lipinski definition) is 2. The van der Waals surface area contributed by atoms with Gasteiger partial charge in [-0.15, -0.1) is 0 Å². The molecule has 3 nitrogen and oxygen atoms in total. The first-order valence-electron chi connectivity index (χ1n) is 5.36. The van der Waals surface area contributed by atoms with E-state index in [9.17, 15) is 9.90 Å². The maximum Gasteiger partial charge on any atom is 0.338 e. The van der Waals surface area contributed by atoms with Gasteiger partial charge >= 0.3 is 5.97 Å². The second-order valence-corrected chi connectivity index (χ2v) is 4.42. The van der Waals surface area contributed by atoms with Gasteiger partial charge in [-0.25, -0.2) is 4.79 Å². The van der Waals surface area contributed by atoms with Crippen LogP contribution in [0.4, 0.5) is 0 Å². The highest BCUT2D eigenvalue weighted by atomic mass is 16.4. The maximum atomic E-state index is 11.3. The minimum absolute atomic E-state index is 0.179. The van der Waals surface area contributed by atoms with E-state index in [0.717, 1.165) is 22.2 Å². The van der Waals surface area contributed by atoms with Crippen LogP contribution in [0.2, 0.25) is 0 Å². The average molecular weight is 217 g/mol. The number of fused-ring (bicyclic) bond motifs is 1. The molecule has 0 aliphatic rings. The summed E-state index contributed by atoms with van der Waals surface area (Å²) in [5, 5.41) is 10.0. The van der Waals surface area contributed by atoms with Gasteiger partial charge in [0, 0.05) is 16.6 Å². The molecule has 2 aromatic rings. The molecule has 84 valence electrons. The second-order valence-electron chi connectivity index (χ2n) is 4.42. The quantitative estimate of drug-likeness (QED) is 0.810. The summed E-state index contributed by atoms with van der Waals surface area (Å²) in [6.07, 6.45) is 0. The second kappa shape index (κ2) is 3.67. The van der Waals surface area contributed by atoms with Crippen LogP contribution in [0, 0.1) is 6.92 Å². The zero-order valence-corrected chi connectivity index (χ0v) is 9.66. The molecule has 0 atom stereocenters. The molecule has 3 heteroatoms. The maximum absolute atomic E-state index is 11.3. The minimum Gasteiger partial charge on any atom is -0.478 e. The van der Waals surface area contributed by atoms with Crippen molar-refractivity contribution in [3.63, 3.8) is 0 Å². The number of benzene rings is 1. The molecule has 0 radical (unpaired) electrons. The zero-order chi connectivity index (χ0) is 11.9. The summed E-state index contributed by atoms with van der Waals surface area (Å²) < 4.78 is 0. The molecular weight excluding hydrogens is 202 g/mol. The van der Waals surface area contributed by atoms with Gasteiger partial charge in [-0.1, -0.05) is 26.0 Å². The third-order valence-electron chi connectivity index (χ3n) is 2.77. The molecule has 16 heavy (non-hydrogen) atoms. The van der Waals surface area contributed by atoms with Crippen molar-refractivity contribution in [1.29, 1.82) is 0 Å². The summed E-state index contributed by atoms with van der Waals surface area (Å²) in [5.74, 6) is -0.683. The van der Waals surface area contributed by atoms with E-state index in [0.29, 0.717) is 5.56 Å². The highest BCUT2D eigenvalue weighted by Gasteiger charge is 2.19. The molecule has 0 fully saturated rings. The number of aromatic nitrogens is 1. The Morgan fingerprint density at radius 1 is 1.38 bits per heavy atom. The first-order chi connectivity index (χ1) is 7.50. The molecular formula is C13H15NO2. The Morgan fingerprint density at radius 3 is 2.62 bits per heavy atom. The number of rotatable bonds is 2. The molecule has 1 aromatic heterocycles. The first kappa shape index (κ1) is 10.7. The summed E-state index contributed by atoms with van der Waals surface area (Å²) in [4.78, 5) is 14.5. The van der Waals surface area contributed by atoms with E-state index in [1.165, 1.54) is 0 Å². The van der Waals surface area contributed by atoms with Crippen LogP contribution in [0.15, 0.2) is 18.2 Å². The van der Waals surface area contributed by atoms with Crippen molar-refractivity contribution in [2.24, 2.45) is 0 Å². The predicted molar refractivity (Wildman–Crippen MR) is 64.1 cm³/mol. The van der Waals surface area contributed by atoms with Crippen LogP contribution in [0.1, 0.15) is 41.4 Å².